The van der Waals surface area contributed by atoms with Crippen LogP contribution < -0.4 is 10.2 Å². The van der Waals surface area contributed by atoms with E-state index in [0.717, 1.165) is 30.8 Å². The van der Waals surface area contributed by atoms with Gasteiger partial charge in [0.15, 0.2) is 0 Å². The minimum atomic E-state index is -0.142. The number of anilines is 1. The summed E-state index contributed by atoms with van der Waals surface area (Å²) in [5, 5.41) is 3.20. The molecule has 1 heterocycles. The number of benzene rings is 1. The lowest BCUT2D eigenvalue weighted by Crippen LogP contribution is -2.37. The van der Waals surface area contributed by atoms with Crippen LogP contribution in [-0.4, -0.2) is 32.3 Å². The van der Waals surface area contributed by atoms with E-state index in [-0.39, 0.29) is 11.9 Å². The quantitative estimate of drug-likeness (QED) is 0.886. The fraction of sp³-hybridized carbons (Fsp3) is 0.600. The predicted molar refractivity (Wildman–Crippen MR) is 76.0 cm³/mol. The van der Waals surface area contributed by atoms with E-state index in [1.807, 2.05) is 20.0 Å². The second kappa shape index (κ2) is 6.35. The van der Waals surface area contributed by atoms with E-state index in [2.05, 4.69) is 17.1 Å². The Morgan fingerprint density at radius 1 is 1.47 bits per heavy atom. The normalized spacial score (nSPS) is 22.7. The molecule has 19 heavy (non-hydrogen) atoms. The number of nitrogens with zero attached hydrogens (tertiary/aromatic N) is 1. The van der Waals surface area contributed by atoms with Gasteiger partial charge in [0.1, 0.15) is 5.82 Å². The highest BCUT2D eigenvalue weighted by atomic mass is 19.1. The Kier molecular flexibility index (Phi) is 4.77. The largest absolute Gasteiger partial charge is 0.376 e. The van der Waals surface area contributed by atoms with Crippen LogP contribution in [0.25, 0.3) is 0 Å². The van der Waals surface area contributed by atoms with Gasteiger partial charge in [0, 0.05) is 31.5 Å². The average molecular weight is 266 g/mol. The summed E-state index contributed by atoms with van der Waals surface area (Å²) in [4.78, 5) is 2.16. The summed E-state index contributed by atoms with van der Waals surface area (Å²) in [7, 11) is 2.03. The molecule has 1 aliphatic rings. The van der Waals surface area contributed by atoms with Crippen LogP contribution in [0.4, 0.5) is 10.1 Å². The molecule has 1 aromatic carbocycles. The molecular weight excluding hydrogens is 243 g/mol. The topological polar surface area (TPSA) is 24.5 Å². The summed E-state index contributed by atoms with van der Waals surface area (Å²) in [6.07, 6.45) is 1.19. The minimum Gasteiger partial charge on any atom is -0.376 e. The van der Waals surface area contributed by atoms with E-state index in [1.54, 1.807) is 6.07 Å². The third-order valence-electron chi connectivity index (χ3n) is 3.86. The van der Waals surface area contributed by atoms with E-state index in [4.69, 9.17) is 4.74 Å². The van der Waals surface area contributed by atoms with Crippen molar-refractivity contribution in [3.63, 3.8) is 0 Å². The lowest BCUT2D eigenvalue weighted by atomic mass is 10.1. The molecule has 106 valence electrons. The molecule has 1 saturated heterocycles. The maximum absolute atomic E-state index is 14.0. The molecule has 2 atom stereocenters. The zero-order valence-corrected chi connectivity index (χ0v) is 11.9. The summed E-state index contributed by atoms with van der Waals surface area (Å²) >= 11 is 0. The van der Waals surface area contributed by atoms with Crippen LogP contribution in [0.2, 0.25) is 0 Å². The van der Waals surface area contributed by atoms with Gasteiger partial charge in [0.2, 0.25) is 0 Å². The maximum atomic E-state index is 14.0. The molecular formula is C15H23FN2O. The third-order valence-corrected chi connectivity index (χ3v) is 3.86. The number of rotatable bonds is 5. The zero-order chi connectivity index (χ0) is 13.8. The number of ether oxygens (including phenoxy) is 1. The highest BCUT2D eigenvalue weighted by Crippen LogP contribution is 2.28. The molecule has 0 aliphatic carbocycles. The standard InChI is InChI=1S/C15H23FN2O/c1-4-17-10-12-13(16)6-5-7-15(12)18(3)14-8-9-19-11(14)2/h5-7,11,14,17H,4,8-10H2,1-3H3. The van der Waals surface area contributed by atoms with Crippen LogP contribution >= 0.6 is 0 Å². The van der Waals surface area contributed by atoms with Gasteiger partial charge >= 0.3 is 0 Å². The molecule has 0 amide bonds. The number of likely N-dealkylation sites (N-methyl/N-ethyl adjacent to an activating group) is 1. The van der Waals surface area contributed by atoms with Crippen molar-refractivity contribution in [1.29, 1.82) is 0 Å². The lowest BCUT2D eigenvalue weighted by molar-refractivity contribution is 0.118. The maximum Gasteiger partial charge on any atom is 0.129 e. The number of halogens is 1. The van der Waals surface area contributed by atoms with Gasteiger partial charge in [0.25, 0.3) is 0 Å². The zero-order valence-electron chi connectivity index (χ0n) is 11.9. The molecule has 2 unspecified atom stereocenters. The number of hydrogen-bond donors (Lipinski definition) is 1. The van der Waals surface area contributed by atoms with Gasteiger partial charge in [-0.2, -0.15) is 0 Å². The van der Waals surface area contributed by atoms with Crippen molar-refractivity contribution in [1.82, 2.24) is 5.32 Å². The van der Waals surface area contributed by atoms with Crippen LogP contribution in [0, 0.1) is 5.82 Å². The van der Waals surface area contributed by atoms with Crippen LogP contribution in [0.3, 0.4) is 0 Å². The first-order valence-corrected chi connectivity index (χ1v) is 6.97. The smallest absolute Gasteiger partial charge is 0.129 e. The van der Waals surface area contributed by atoms with E-state index >= 15 is 0 Å². The number of nitrogens with one attached hydrogen (secondary N) is 1. The van der Waals surface area contributed by atoms with Crippen molar-refractivity contribution in [2.75, 3.05) is 25.1 Å². The molecule has 1 aliphatic heterocycles. The van der Waals surface area contributed by atoms with E-state index in [9.17, 15) is 4.39 Å². The Morgan fingerprint density at radius 2 is 2.26 bits per heavy atom. The van der Waals surface area contributed by atoms with Crippen LogP contribution in [0.5, 0.6) is 0 Å². The summed E-state index contributed by atoms with van der Waals surface area (Å²) in [5.41, 5.74) is 1.70. The fourth-order valence-electron chi connectivity index (χ4n) is 2.71. The second-order valence-corrected chi connectivity index (χ2v) is 5.06. The monoisotopic (exact) mass is 266 g/mol. The predicted octanol–water partition coefficient (Wildman–Crippen LogP) is 2.55. The highest BCUT2D eigenvalue weighted by Gasteiger charge is 2.29. The Labute approximate surface area is 114 Å². The Bertz CT molecular complexity index is 425. The molecule has 3 nitrogen and oxygen atoms in total. The summed E-state index contributed by atoms with van der Waals surface area (Å²) in [5.74, 6) is -0.142. The van der Waals surface area contributed by atoms with Crippen molar-refractivity contribution in [3.05, 3.63) is 29.6 Å². The lowest BCUT2D eigenvalue weighted by Gasteiger charge is -2.30. The molecule has 0 aromatic heterocycles. The van der Waals surface area contributed by atoms with Gasteiger partial charge in [0.05, 0.1) is 12.1 Å². The van der Waals surface area contributed by atoms with Crippen LogP contribution in [0.15, 0.2) is 18.2 Å². The average Bonchev–Trinajstić information content (AvgIpc) is 2.82. The molecule has 0 radical (unpaired) electrons. The van der Waals surface area contributed by atoms with E-state index < -0.39 is 0 Å². The van der Waals surface area contributed by atoms with Gasteiger partial charge in [-0.3, -0.25) is 0 Å². The molecule has 0 saturated carbocycles. The van der Waals surface area contributed by atoms with Gasteiger partial charge in [-0.05, 0) is 32.0 Å². The molecule has 1 N–H and O–H groups in total. The van der Waals surface area contributed by atoms with E-state index in [0.29, 0.717) is 12.6 Å². The Hall–Kier alpha value is -1.13. The second-order valence-electron chi connectivity index (χ2n) is 5.06. The highest BCUT2D eigenvalue weighted by molar-refractivity contribution is 5.54. The summed E-state index contributed by atoms with van der Waals surface area (Å²) < 4.78 is 19.6. The third kappa shape index (κ3) is 3.07. The Balaban J connectivity index is 2.24. The van der Waals surface area contributed by atoms with Crippen molar-refractivity contribution in [2.45, 2.75) is 39.0 Å². The first-order chi connectivity index (χ1) is 9.15. The number of hydrogen-bond acceptors (Lipinski definition) is 3. The van der Waals surface area contributed by atoms with Crippen LogP contribution in [-0.2, 0) is 11.3 Å². The summed E-state index contributed by atoms with van der Waals surface area (Å²) in [6.45, 7) is 6.29. The molecule has 0 spiro atoms. The van der Waals surface area contributed by atoms with Crippen molar-refractivity contribution >= 4 is 5.69 Å². The SMILES string of the molecule is CCNCc1c(F)cccc1N(C)C1CCOC1C. The van der Waals surface area contributed by atoms with Gasteiger partial charge in [-0.15, -0.1) is 0 Å². The molecule has 4 heteroatoms. The van der Waals surface area contributed by atoms with E-state index in [1.165, 1.54) is 6.07 Å². The van der Waals surface area contributed by atoms with Crippen molar-refractivity contribution < 1.29 is 9.13 Å². The van der Waals surface area contributed by atoms with Crippen molar-refractivity contribution in [3.8, 4) is 0 Å². The van der Waals surface area contributed by atoms with Gasteiger partial charge in [-0.25, -0.2) is 4.39 Å². The first kappa shape index (κ1) is 14.3. The van der Waals surface area contributed by atoms with Gasteiger partial charge in [-0.1, -0.05) is 13.0 Å². The minimum absolute atomic E-state index is 0.142. The first-order valence-electron chi connectivity index (χ1n) is 6.97. The van der Waals surface area contributed by atoms with Gasteiger partial charge < -0.3 is 15.0 Å². The Morgan fingerprint density at radius 3 is 2.89 bits per heavy atom. The molecule has 0 bridgehead atoms. The van der Waals surface area contributed by atoms with Crippen LogP contribution in [0.1, 0.15) is 25.8 Å². The molecule has 1 aromatic rings. The molecule has 2 rings (SSSR count). The molecule has 1 fully saturated rings. The summed E-state index contributed by atoms with van der Waals surface area (Å²) in [6, 6.07) is 5.61. The van der Waals surface area contributed by atoms with Crippen molar-refractivity contribution in [2.24, 2.45) is 0 Å². The fourth-order valence-corrected chi connectivity index (χ4v) is 2.71.